The molecule has 1 aromatic heterocycles. The molecule has 6 nitrogen and oxygen atoms in total. The van der Waals surface area contributed by atoms with Gasteiger partial charge in [-0.05, 0) is 55.3 Å². The van der Waals surface area contributed by atoms with Crippen LogP contribution in [0.4, 0.5) is 0 Å². The van der Waals surface area contributed by atoms with E-state index in [9.17, 15) is 0 Å². The van der Waals surface area contributed by atoms with Gasteiger partial charge >= 0.3 is 0 Å². The van der Waals surface area contributed by atoms with Crippen LogP contribution in [0.25, 0.3) is 22.5 Å². The van der Waals surface area contributed by atoms with E-state index in [2.05, 4.69) is 21.5 Å². The van der Waals surface area contributed by atoms with E-state index in [0.29, 0.717) is 10.8 Å². The van der Waals surface area contributed by atoms with Gasteiger partial charge in [-0.3, -0.25) is 0 Å². The Morgan fingerprint density at radius 1 is 0.880 bits per heavy atom. The van der Waals surface area contributed by atoms with Gasteiger partial charge in [-0.25, -0.2) is 0 Å². The smallest absolute Gasteiger partial charge is 0.137 e. The lowest BCUT2D eigenvalue weighted by molar-refractivity contribution is 0.411. The number of ether oxygens (including phenoxy) is 2. The largest absolute Gasteiger partial charge is 0.496 e. The molecule has 0 atom stereocenters. The lowest BCUT2D eigenvalue weighted by Crippen LogP contribution is -1.93. The fourth-order valence-electron chi connectivity index (χ4n) is 2.62. The van der Waals surface area contributed by atoms with Crippen molar-refractivity contribution >= 4 is 11.6 Å². The van der Waals surface area contributed by atoms with Crippen LogP contribution in [-0.2, 0) is 0 Å². The third kappa shape index (κ3) is 3.45. The van der Waals surface area contributed by atoms with Crippen LogP contribution in [0.1, 0.15) is 11.1 Å². The molecule has 25 heavy (non-hydrogen) atoms. The zero-order valence-corrected chi connectivity index (χ0v) is 15.4. The molecule has 3 aromatic rings. The van der Waals surface area contributed by atoms with Crippen LogP contribution in [0.3, 0.4) is 0 Å². The van der Waals surface area contributed by atoms with Gasteiger partial charge in [0.05, 0.1) is 19.2 Å². The topological polar surface area (TPSA) is 95.0 Å². The van der Waals surface area contributed by atoms with Gasteiger partial charge in [0.1, 0.15) is 22.9 Å². The number of aromatic nitrogens is 3. The van der Waals surface area contributed by atoms with Crippen molar-refractivity contribution in [3.05, 3.63) is 46.5 Å². The molecule has 0 aliphatic heterocycles. The highest BCUT2D eigenvalue weighted by atomic mass is 35.5. The quantitative estimate of drug-likeness (QED) is 0.709. The highest BCUT2D eigenvalue weighted by Gasteiger charge is 2.16. The highest BCUT2D eigenvalue weighted by molar-refractivity contribution is 6.32. The Morgan fingerprint density at radius 2 is 1.52 bits per heavy atom. The van der Waals surface area contributed by atoms with Gasteiger partial charge in [-0.1, -0.05) is 11.6 Å². The Morgan fingerprint density at radius 3 is 2.12 bits per heavy atom. The molecule has 0 saturated heterocycles. The van der Waals surface area contributed by atoms with Crippen LogP contribution in [0, 0.1) is 13.8 Å². The predicted octanol–water partition coefficient (Wildman–Crippen LogP) is 4.59. The number of benzene rings is 2. The number of hydrogen-bond donors (Lipinski definition) is 2. The van der Waals surface area contributed by atoms with E-state index in [1.165, 1.54) is 0 Å². The third-order valence-electron chi connectivity index (χ3n) is 4.09. The maximum Gasteiger partial charge on any atom is 0.137 e. The summed E-state index contributed by atoms with van der Waals surface area (Å²) in [6.45, 7) is 4.08. The van der Waals surface area contributed by atoms with Crippen molar-refractivity contribution in [2.75, 3.05) is 14.2 Å². The summed E-state index contributed by atoms with van der Waals surface area (Å²) >= 11 is 6.24. The van der Waals surface area contributed by atoms with E-state index >= 15 is 0 Å². The predicted molar refractivity (Wildman–Crippen MR) is 99.9 cm³/mol. The lowest BCUT2D eigenvalue weighted by atomic mass is 10.00. The number of methoxy groups -OCH3 is 2. The molecule has 3 rings (SSSR count). The zero-order valence-electron chi connectivity index (χ0n) is 14.7. The zero-order chi connectivity index (χ0) is 17.3. The Labute approximate surface area is 151 Å². The molecule has 2 aromatic carbocycles. The van der Waals surface area contributed by atoms with E-state index in [4.69, 9.17) is 21.1 Å². The first-order valence-corrected chi connectivity index (χ1v) is 7.83. The molecule has 0 spiro atoms. The molecule has 0 aliphatic carbocycles. The molecule has 0 bridgehead atoms. The third-order valence-corrected chi connectivity index (χ3v) is 4.38. The minimum absolute atomic E-state index is 0. The van der Waals surface area contributed by atoms with E-state index in [1.807, 2.05) is 38.1 Å². The first kappa shape index (κ1) is 18.8. The molecular formula is C18H21ClN4O2. The number of H-pyrrole nitrogens is 1. The molecule has 0 fully saturated rings. The summed E-state index contributed by atoms with van der Waals surface area (Å²) in [5.74, 6) is 1.45. The second kappa shape index (κ2) is 7.55. The van der Waals surface area contributed by atoms with Crippen molar-refractivity contribution in [1.82, 2.24) is 21.6 Å². The monoisotopic (exact) mass is 360 g/mol. The van der Waals surface area contributed by atoms with Crippen molar-refractivity contribution < 1.29 is 9.47 Å². The Balaban J connectivity index is 0.00000225. The summed E-state index contributed by atoms with van der Waals surface area (Å²) in [5.41, 5.74) is 5.51. The van der Waals surface area contributed by atoms with Gasteiger partial charge in [0, 0.05) is 11.1 Å². The van der Waals surface area contributed by atoms with Gasteiger partial charge < -0.3 is 15.6 Å². The average molecular weight is 361 g/mol. The van der Waals surface area contributed by atoms with Gasteiger partial charge in [-0.2, -0.15) is 15.4 Å². The van der Waals surface area contributed by atoms with E-state index in [0.717, 1.165) is 39.4 Å². The summed E-state index contributed by atoms with van der Waals surface area (Å²) in [7, 11) is 3.25. The van der Waals surface area contributed by atoms with Gasteiger partial charge in [0.25, 0.3) is 0 Å². The summed E-state index contributed by atoms with van der Waals surface area (Å²) in [4.78, 5) is 0. The first-order valence-electron chi connectivity index (χ1n) is 7.45. The molecule has 1 heterocycles. The maximum absolute atomic E-state index is 6.24. The Hall–Kier alpha value is -2.57. The highest BCUT2D eigenvalue weighted by Crippen LogP contribution is 2.35. The molecule has 4 N–H and O–H groups in total. The fourth-order valence-corrected chi connectivity index (χ4v) is 2.88. The van der Waals surface area contributed by atoms with Crippen LogP contribution < -0.4 is 15.6 Å². The fraction of sp³-hybridized carbons (Fsp3) is 0.222. The van der Waals surface area contributed by atoms with Crippen molar-refractivity contribution in [2.45, 2.75) is 13.8 Å². The standard InChI is InChI=1S/C18H18ClN3O2.H3N/c1-10-7-13(9-16(24-4)11(10)2)18-17(20-22-21-18)12-5-6-15(23-3)14(19)8-12;/h5-9H,1-4H3,(H,20,21,22);1H3. The molecule has 0 amide bonds. The van der Waals surface area contributed by atoms with Crippen LogP contribution in [0.2, 0.25) is 5.02 Å². The normalized spacial score (nSPS) is 10.3. The number of aromatic amines is 1. The van der Waals surface area contributed by atoms with E-state index < -0.39 is 0 Å². The molecular weight excluding hydrogens is 340 g/mol. The van der Waals surface area contributed by atoms with Crippen molar-refractivity contribution in [1.29, 1.82) is 0 Å². The van der Waals surface area contributed by atoms with E-state index in [-0.39, 0.29) is 6.15 Å². The Bertz CT molecular complexity index is 893. The molecule has 0 aliphatic rings. The lowest BCUT2D eigenvalue weighted by Gasteiger charge is -2.11. The number of halogens is 1. The molecule has 0 saturated carbocycles. The number of rotatable bonds is 4. The second-order valence-corrected chi connectivity index (χ2v) is 5.90. The van der Waals surface area contributed by atoms with Gasteiger partial charge in [0.2, 0.25) is 0 Å². The minimum Gasteiger partial charge on any atom is -0.496 e. The first-order chi connectivity index (χ1) is 11.5. The molecule has 7 heteroatoms. The molecule has 0 unspecified atom stereocenters. The minimum atomic E-state index is 0. The summed E-state index contributed by atoms with van der Waals surface area (Å²) in [6, 6.07) is 9.58. The van der Waals surface area contributed by atoms with Crippen LogP contribution in [-0.4, -0.2) is 29.6 Å². The van der Waals surface area contributed by atoms with E-state index in [1.54, 1.807) is 14.2 Å². The molecule has 0 radical (unpaired) electrons. The van der Waals surface area contributed by atoms with Crippen LogP contribution >= 0.6 is 11.6 Å². The number of aryl methyl sites for hydroxylation is 1. The second-order valence-electron chi connectivity index (χ2n) is 5.49. The SMILES string of the molecule is COc1ccc(-c2n[nH]nc2-c2cc(C)c(C)c(OC)c2)cc1Cl.N. The number of nitrogens with one attached hydrogen (secondary N) is 1. The average Bonchev–Trinajstić information content (AvgIpc) is 3.06. The Kier molecular flexibility index (Phi) is 5.66. The maximum atomic E-state index is 6.24. The molecule has 132 valence electrons. The van der Waals surface area contributed by atoms with Gasteiger partial charge in [-0.15, -0.1) is 0 Å². The van der Waals surface area contributed by atoms with Gasteiger partial charge in [0.15, 0.2) is 0 Å². The summed E-state index contributed by atoms with van der Waals surface area (Å²) in [5, 5.41) is 11.8. The number of hydrogen-bond acceptors (Lipinski definition) is 5. The van der Waals surface area contributed by atoms with Crippen molar-refractivity contribution in [3.63, 3.8) is 0 Å². The number of nitrogens with zero attached hydrogens (tertiary/aromatic N) is 2. The van der Waals surface area contributed by atoms with Crippen LogP contribution in [0.15, 0.2) is 30.3 Å². The van der Waals surface area contributed by atoms with Crippen molar-refractivity contribution in [2.24, 2.45) is 0 Å². The van der Waals surface area contributed by atoms with Crippen LogP contribution in [0.5, 0.6) is 11.5 Å². The van der Waals surface area contributed by atoms with Crippen molar-refractivity contribution in [3.8, 4) is 34.0 Å². The summed E-state index contributed by atoms with van der Waals surface area (Å²) in [6.07, 6.45) is 0. The summed E-state index contributed by atoms with van der Waals surface area (Å²) < 4.78 is 10.7.